The van der Waals surface area contributed by atoms with E-state index in [-0.39, 0.29) is 10.7 Å². The largest absolute Gasteiger partial charge is 0.455 e. The Morgan fingerprint density at radius 1 is 0.561 bits per heavy atom. The summed E-state index contributed by atoms with van der Waals surface area (Å²) < 4.78 is 6.42. The highest BCUT2D eigenvalue weighted by Crippen LogP contribution is 2.49. The number of hydrogen-bond acceptors (Lipinski definition) is 4. The van der Waals surface area contributed by atoms with Gasteiger partial charge in [-0.05, 0) is 69.2 Å². The zero-order valence-corrected chi connectivity index (χ0v) is 23.3. The number of nitrogens with zero attached hydrogens (tertiary/aromatic N) is 3. The molecule has 7 aromatic rings. The van der Waals surface area contributed by atoms with Gasteiger partial charge >= 0.3 is 0 Å². The van der Waals surface area contributed by atoms with Gasteiger partial charge in [-0.2, -0.15) is 9.97 Å². The summed E-state index contributed by atoms with van der Waals surface area (Å²) in [5, 5.41) is 2.20. The van der Waals surface area contributed by atoms with Crippen LogP contribution in [0, 0.1) is 0 Å². The lowest BCUT2D eigenvalue weighted by Gasteiger charge is -2.22. The molecule has 2 heterocycles. The van der Waals surface area contributed by atoms with Crippen molar-refractivity contribution in [2.45, 2.75) is 19.3 Å². The second-order valence-corrected chi connectivity index (χ2v) is 11.4. The summed E-state index contributed by atoms with van der Waals surface area (Å²) in [6.07, 6.45) is 0. The van der Waals surface area contributed by atoms with E-state index in [1.165, 1.54) is 27.8 Å². The summed E-state index contributed by atoms with van der Waals surface area (Å²) in [5.74, 6) is 1.01. The van der Waals surface area contributed by atoms with Crippen molar-refractivity contribution in [1.82, 2.24) is 15.0 Å². The van der Waals surface area contributed by atoms with Crippen LogP contribution >= 0.6 is 11.6 Å². The maximum Gasteiger partial charge on any atom is 0.226 e. The smallest absolute Gasteiger partial charge is 0.226 e. The van der Waals surface area contributed by atoms with Crippen LogP contribution in [0.25, 0.3) is 67.0 Å². The van der Waals surface area contributed by atoms with Gasteiger partial charge < -0.3 is 4.42 Å². The molecule has 0 N–H and O–H groups in total. The molecule has 0 radical (unpaired) electrons. The summed E-state index contributed by atoms with van der Waals surface area (Å²) in [4.78, 5) is 13.6. The van der Waals surface area contributed by atoms with E-state index in [1.807, 2.05) is 42.5 Å². The van der Waals surface area contributed by atoms with Crippen molar-refractivity contribution in [2.75, 3.05) is 0 Å². The third-order valence-electron chi connectivity index (χ3n) is 8.29. The number of aromatic nitrogens is 3. The van der Waals surface area contributed by atoms with Gasteiger partial charge in [-0.15, -0.1) is 0 Å². The zero-order valence-electron chi connectivity index (χ0n) is 22.5. The highest BCUT2D eigenvalue weighted by Gasteiger charge is 2.35. The summed E-state index contributed by atoms with van der Waals surface area (Å²) in [6.45, 7) is 4.62. The van der Waals surface area contributed by atoms with Gasteiger partial charge in [-0.1, -0.05) is 98.8 Å². The molecular formula is C36H24ClN3O. The SMILES string of the molecule is CC1(C)c2ccccc2-c2ccc(-c3ccc4oc5c(-c6nc(Cl)nc(-c7ccccc7)n6)cccc5c4c3)cc21. The zero-order chi connectivity index (χ0) is 27.7. The van der Waals surface area contributed by atoms with Crippen LogP contribution in [-0.4, -0.2) is 15.0 Å². The van der Waals surface area contributed by atoms with Crippen molar-refractivity contribution in [1.29, 1.82) is 0 Å². The average molecular weight is 550 g/mol. The van der Waals surface area contributed by atoms with Crippen LogP contribution in [-0.2, 0) is 5.41 Å². The lowest BCUT2D eigenvalue weighted by atomic mass is 9.81. The third-order valence-corrected chi connectivity index (χ3v) is 8.46. The van der Waals surface area contributed by atoms with Gasteiger partial charge in [-0.25, -0.2) is 4.98 Å². The Kier molecular flexibility index (Phi) is 5.19. The fourth-order valence-corrected chi connectivity index (χ4v) is 6.38. The Balaban J connectivity index is 1.25. The van der Waals surface area contributed by atoms with E-state index in [0.717, 1.165) is 38.6 Å². The first-order chi connectivity index (χ1) is 20.0. The molecule has 5 heteroatoms. The quantitative estimate of drug-likeness (QED) is 0.220. The van der Waals surface area contributed by atoms with E-state index in [0.29, 0.717) is 11.6 Å². The molecule has 0 bridgehead atoms. The topological polar surface area (TPSA) is 51.8 Å². The molecule has 196 valence electrons. The first-order valence-electron chi connectivity index (χ1n) is 13.6. The van der Waals surface area contributed by atoms with Crippen LogP contribution in [0.4, 0.5) is 0 Å². The van der Waals surface area contributed by atoms with E-state index < -0.39 is 0 Å². The van der Waals surface area contributed by atoms with Gasteiger partial charge in [-0.3, -0.25) is 0 Å². The molecule has 4 nitrogen and oxygen atoms in total. The normalized spacial score (nSPS) is 13.4. The molecule has 8 rings (SSSR count). The Hall–Kier alpha value is -4.80. The average Bonchev–Trinajstić information content (AvgIpc) is 3.49. The fourth-order valence-electron chi connectivity index (χ4n) is 6.22. The first kappa shape index (κ1) is 24.0. The minimum Gasteiger partial charge on any atom is -0.455 e. The summed E-state index contributed by atoms with van der Waals surface area (Å²) in [6, 6.07) is 37.8. The van der Waals surface area contributed by atoms with Crippen LogP contribution < -0.4 is 0 Å². The summed E-state index contributed by atoms with van der Waals surface area (Å²) >= 11 is 6.37. The Labute approximate surface area is 242 Å². The second-order valence-electron chi connectivity index (χ2n) is 11.0. The van der Waals surface area contributed by atoms with Crippen molar-refractivity contribution in [2.24, 2.45) is 0 Å². The number of para-hydroxylation sites is 1. The molecule has 0 saturated carbocycles. The second kappa shape index (κ2) is 8.85. The predicted octanol–water partition coefficient (Wildman–Crippen LogP) is 9.73. The van der Waals surface area contributed by atoms with Gasteiger partial charge in [0.1, 0.15) is 11.2 Å². The van der Waals surface area contributed by atoms with Crippen molar-refractivity contribution in [3.05, 3.63) is 126 Å². The van der Waals surface area contributed by atoms with E-state index in [9.17, 15) is 0 Å². The number of furan rings is 1. The van der Waals surface area contributed by atoms with Gasteiger partial charge in [0.15, 0.2) is 11.6 Å². The van der Waals surface area contributed by atoms with Gasteiger partial charge in [0, 0.05) is 21.8 Å². The van der Waals surface area contributed by atoms with Crippen molar-refractivity contribution in [3.8, 4) is 45.0 Å². The van der Waals surface area contributed by atoms with Crippen LogP contribution in [0.1, 0.15) is 25.0 Å². The van der Waals surface area contributed by atoms with Crippen LogP contribution in [0.2, 0.25) is 5.28 Å². The maximum atomic E-state index is 6.42. The number of benzene rings is 5. The van der Waals surface area contributed by atoms with Crippen LogP contribution in [0.5, 0.6) is 0 Å². The van der Waals surface area contributed by atoms with Crippen molar-refractivity contribution in [3.63, 3.8) is 0 Å². The van der Waals surface area contributed by atoms with E-state index in [4.69, 9.17) is 21.0 Å². The monoisotopic (exact) mass is 549 g/mol. The molecule has 1 aliphatic carbocycles. The highest BCUT2D eigenvalue weighted by molar-refractivity contribution is 6.28. The Morgan fingerprint density at radius 2 is 1.27 bits per heavy atom. The molecule has 41 heavy (non-hydrogen) atoms. The Morgan fingerprint density at radius 3 is 2.15 bits per heavy atom. The lowest BCUT2D eigenvalue weighted by Crippen LogP contribution is -2.14. The molecule has 5 aromatic carbocycles. The summed E-state index contributed by atoms with van der Waals surface area (Å²) in [7, 11) is 0. The number of rotatable bonds is 3. The van der Waals surface area contributed by atoms with Crippen LogP contribution in [0.15, 0.2) is 114 Å². The van der Waals surface area contributed by atoms with Gasteiger partial charge in [0.2, 0.25) is 5.28 Å². The molecule has 1 aliphatic rings. The number of halogens is 1. The van der Waals surface area contributed by atoms with Gasteiger partial charge in [0.05, 0.1) is 5.56 Å². The molecular weight excluding hydrogens is 526 g/mol. The minimum absolute atomic E-state index is 0.0479. The van der Waals surface area contributed by atoms with E-state index >= 15 is 0 Å². The number of fused-ring (bicyclic) bond motifs is 6. The van der Waals surface area contributed by atoms with Crippen molar-refractivity contribution >= 4 is 33.5 Å². The molecule has 0 atom stereocenters. The molecule has 0 amide bonds. The van der Waals surface area contributed by atoms with Crippen molar-refractivity contribution < 1.29 is 4.42 Å². The van der Waals surface area contributed by atoms with E-state index in [2.05, 4.69) is 90.5 Å². The molecule has 0 saturated heterocycles. The molecule has 0 unspecified atom stereocenters. The third kappa shape index (κ3) is 3.71. The highest BCUT2D eigenvalue weighted by atomic mass is 35.5. The molecule has 0 aliphatic heterocycles. The minimum atomic E-state index is -0.0479. The number of hydrogen-bond donors (Lipinski definition) is 0. The lowest BCUT2D eigenvalue weighted by molar-refractivity contribution is 0.660. The van der Waals surface area contributed by atoms with Crippen LogP contribution in [0.3, 0.4) is 0 Å². The standard InChI is InChI=1S/C36H24ClN3O/c1-36(2)29-14-7-6-11-24(29)25-17-15-23(20-30(25)36)22-16-18-31-28(19-22)26-12-8-13-27(32(26)41-31)34-38-33(39-35(37)40-34)21-9-4-3-5-10-21/h3-20H,1-2H3. The first-order valence-corrected chi connectivity index (χ1v) is 14.0. The molecule has 0 spiro atoms. The predicted molar refractivity (Wildman–Crippen MR) is 166 cm³/mol. The van der Waals surface area contributed by atoms with E-state index in [1.54, 1.807) is 0 Å². The maximum absolute atomic E-state index is 6.42. The van der Waals surface area contributed by atoms with Gasteiger partial charge in [0.25, 0.3) is 0 Å². The summed E-state index contributed by atoms with van der Waals surface area (Å²) in [5.41, 5.74) is 10.9. The molecule has 2 aromatic heterocycles. The molecule has 0 fully saturated rings. The Bertz CT molecular complexity index is 2150. The fraction of sp³-hybridized carbons (Fsp3) is 0.0833.